The first-order valence-electron chi connectivity index (χ1n) is 13.1. The standard InChI is InChI=1S/C28H32N6O6/c1-18-6-12-23(39-18)26(28(36)29-15-22-5-4-14-38-22)33(16-20-8-10-21(37-3)11-9-20)25(35)17-34-31-27(30-32-34)24-13-7-19(2)40-24/h6-13,22,26H,4-5,14-17H2,1-3H3,(H,29,36). The summed E-state index contributed by atoms with van der Waals surface area (Å²) >= 11 is 0. The molecule has 2 atom stereocenters. The first-order valence-corrected chi connectivity index (χ1v) is 13.1. The lowest BCUT2D eigenvalue weighted by atomic mass is 10.1. The van der Waals surface area contributed by atoms with Gasteiger partial charge in [-0.25, -0.2) is 0 Å². The zero-order valence-electron chi connectivity index (χ0n) is 22.7. The number of aryl methyl sites for hydroxylation is 2. The number of methoxy groups -OCH3 is 1. The fourth-order valence-electron chi connectivity index (χ4n) is 4.57. The van der Waals surface area contributed by atoms with Crippen LogP contribution >= 0.6 is 0 Å². The molecule has 1 saturated heterocycles. The SMILES string of the molecule is COc1ccc(CN(C(=O)Cn2nnc(-c3ccc(C)o3)n2)C(C(=O)NCC2CCCO2)c2ccc(C)o2)cc1. The lowest BCUT2D eigenvalue weighted by molar-refractivity contribution is -0.143. The van der Waals surface area contributed by atoms with Crippen molar-refractivity contribution in [2.45, 2.75) is 51.9 Å². The third kappa shape index (κ3) is 6.40. The van der Waals surface area contributed by atoms with Gasteiger partial charge in [0, 0.05) is 19.7 Å². The van der Waals surface area contributed by atoms with E-state index in [1.807, 2.05) is 19.1 Å². The molecule has 5 rings (SSSR count). The molecule has 1 fully saturated rings. The van der Waals surface area contributed by atoms with Gasteiger partial charge in [-0.3, -0.25) is 9.59 Å². The summed E-state index contributed by atoms with van der Waals surface area (Å²) in [6.07, 6.45) is 1.76. The highest BCUT2D eigenvalue weighted by Gasteiger charge is 2.35. The topological polar surface area (TPSA) is 138 Å². The van der Waals surface area contributed by atoms with E-state index < -0.39 is 11.9 Å². The van der Waals surface area contributed by atoms with Crippen LogP contribution in [0.5, 0.6) is 5.75 Å². The van der Waals surface area contributed by atoms with Crippen LogP contribution in [0, 0.1) is 13.8 Å². The van der Waals surface area contributed by atoms with Crippen LogP contribution < -0.4 is 10.1 Å². The van der Waals surface area contributed by atoms with Gasteiger partial charge in [0.15, 0.2) is 11.8 Å². The van der Waals surface area contributed by atoms with E-state index >= 15 is 0 Å². The number of aromatic nitrogens is 4. The highest BCUT2D eigenvalue weighted by atomic mass is 16.5. The molecule has 0 bridgehead atoms. The van der Waals surface area contributed by atoms with Crippen molar-refractivity contribution in [2.75, 3.05) is 20.3 Å². The Kier molecular flexibility index (Phi) is 8.25. The summed E-state index contributed by atoms with van der Waals surface area (Å²) in [5.74, 6) is 2.30. The van der Waals surface area contributed by atoms with Gasteiger partial charge in [-0.1, -0.05) is 12.1 Å². The Morgan fingerprint density at radius 3 is 2.52 bits per heavy atom. The number of tetrazole rings is 1. The van der Waals surface area contributed by atoms with Gasteiger partial charge in [-0.2, -0.15) is 4.80 Å². The second-order valence-corrected chi connectivity index (χ2v) is 9.65. The Morgan fingerprint density at radius 2 is 1.88 bits per heavy atom. The first kappa shape index (κ1) is 27.1. The summed E-state index contributed by atoms with van der Waals surface area (Å²) < 4.78 is 22.4. The maximum atomic E-state index is 13.9. The molecule has 0 saturated carbocycles. The number of furan rings is 2. The van der Waals surface area contributed by atoms with Crippen molar-refractivity contribution < 1.29 is 27.9 Å². The Balaban J connectivity index is 1.43. The van der Waals surface area contributed by atoms with Gasteiger partial charge >= 0.3 is 0 Å². The number of benzene rings is 1. The van der Waals surface area contributed by atoms with Crippen LogP contribution in [0.1, 0.15) is 41.7 Å². The molecule has 0 radical (unpaired) electrons. The van der Waals surface area contributed by atoms with Crippen LogP contribution in [0.25, 0.3) is 11.6 Å². The van der Waals surface area contributed by atoms with Crippen LogP contribution in [0.15, 0.2) is 57.4 Å². The van der Waals surface area contributed by atoms with E-state index in [1.165, 1.54) is 9.70 Å². The van der Waals surface area contributed by atoms with Crippen molar-refractivity contribution in [1.82, 2.24) is 30.4 Å². The summed E-state index contributed by atoms with van der Waals surface area (Å²) in [6, 6.07) is 13.3. The normalized spacial score (nSPS) is 15.6. The van der Waals surface area contributed by atoms with Gasteiger partial charge in [-0.15, -0.1) is 10.2 Å². The molecule has 1 N–H and O–H groups in total. The number of rotatable bonds is 11. The Bertz CT molecular complexity index is 1440. The predicted octanol–water partition coefficient (Wildman–Crippen LogP) is 3.22. The maximum absolute atomic E-state index is 13.9. The van der Waals surface area contributed by atoms with E-state index in [0.717, 1.165) is 18.4 Å². The Hall–Kier alpha value is -4.45. The maximum Gasteiger partial charge on any atom is 0.250 e. The smallest absolute Gasteiger partial charge is 0.250 e. The van der Waals surface area contributed by atoms with E-state index in [-0.39, 0.29) is 30.9 Å². The second kappa shape index (κ2) is 12.2. The zero-order valence-corrected chi connectivity index (χ0v) is 22.7. The van der Waals surface area contributed by atoms with Crippen LogP contribution in [0.4, 0.5) is 0 Å². The van der Waals surface area contributed by atoms with Crippen molar-refractivity contribution in [3.63, 3.8) is 0 Å². The van der Waals surface area contributed by atoms with Crippen molar-refractivity contribution in [3.8, 4) is 17.3 Å². The number of hydrogen-bond donors (Lipinski definition) is 1. The zero-order chi connectivity index (χ0) is 28.1. The minimum atomic E-state index is -1.04. The molecule has 3 aromatic heterocycles. The number of carbonyl (C=O) groups is 2. The molecule has 1 aliphatic rings. The highest BCUT2D eigenvalue weighted by Crippen LogP contribution is 2.27. The average Bonchev–Trinajstić information content (AvgIpc) is 3.77. The lowest BCUT2D eigenvalue weighted by Crippen LogP contribution is -2.46. The number of ether oxygens (including phenoxy) is 2. The molecular weight excluding hydrogens is 516 g/mol. The first-order chi connectivity index (χ1) is 19.4. The summed E-state index contributed by atoms with van der Waals surface area (Å²) in [5.41, 5.74) is 0.799. The van der Waals surface area contributed by atoms with E-state index in [2.05, 4.69) is 20.7 Å². The summed E-state index contributed by atoms with van der Waals surface area (Å²) in [4.78, 5) is 30.2. The average molecular weight is 549 g/mol. The fourth-order valence-corrected chi connectivity index (χ4v) is 4.57. The molecule has 0 spiro atoms. The van der Waals surface area contributed by atoms with Crippen molar-refractivity contribution in [2.24, 2.45) is 0 Å². The molecule has 4 heterocycles. The third-order valence-electron chi connectivity index (χ3n) is 6.64. The summed E-state index contributed by atoms with van der Waals surface area (Å²) in [7, 11) is 1.59. The van der Waals surface area contributed by atoms with E-state index in [0.29, 0.717) is 41.9 Å². The molecule has 4 aromatic rings. The van der Waals surface area contributed by atoms with Gasteiger partial charge in [0.05, 0.1) is 13.2 Å². The van der Waals surface area contributed by atoms with Gasteiger partial charge in [0.1, 0.15) is 29.6 Å². The van der Waals surface area contributed by atoms with E-state index in [4.69, 9.17) is 18.3 Å². The monoisotopic (exact) mass is 548 g/mol. The number of nitrogens with one attached hydrogen (secondary N) is 1. The Morgan fingerprint density at radius 1 is 1.10 bits per heavy atom. The van der Waals surface area contributed by atoms with Crippen LogP contribution in [-0.2, 0) is 27.4 Å². The number of amides is 2. The predicted molar refractivity (Wildman–Crippen MR) is 142 cm³/mol. The minimum absolute atomic E-state index is 0.0586. The molecule has 2 amide bonds. The largest absolute Gasteiger partial charge is 0.497 e. The number of nitrogens with zero attached hydrogens (tertiary/aromatic N) is 5. The summed E-state index contributed by atoms with van der Waals surface area (Å²) in [5, 5.41) is 15.3. The highest BCUT2D eigenvalue weighted by molar-refractivity contribution is 5.88. The number of hydrogen-bond acceptors (Lipinski definition) is 9. The van der Waals surface area contributed by atoms with Gasteiger partial charge in [0.2, 0.25) is 11.7 Å². The van der Waals surface area contributed by atoms with Crippen LogP contribution in [0.2, 0.25) is 0 Å². The molecule has 12 heteroatoms. The van der Waals surface area contributed by atoms with Crippen molar-refractivity contribution >= 4 is 11.8 Å². The fraction of sp³-hybridized carbons (Fsp3) is 0.393. The molecule has 40 heavy (non-hydrogen) atoms. The van der Waals surface area contributed by atoms with Crippen molar-refractivity contribution in [1.29, 1.82) is 0 Å². The lowest BCUT2D eigenvalue weighted by Gasteiger charge is -2.30. The van der Waals surface area contributed by atoms with Gasteiger partial charge in [-0.05, 0) is 73.9 Å². The van der Waals surface area contributed by atoms with Crippen molar-refractivity contribution in [3.05, 3.63) is 71.4 Å². The third-order valence-corrected chi connectivity index (χ3v) is 6.64. The molecule has 2 unspecified atom stereocenters. The van der Waals surface area contributed by atoms with Crippen LogP contribution in [-0.4, -0.2) is 63.3 Å². The van der Waals surface area contributed by atoms with Gasteiger partial charge in [0.25, 0.3) is 5.91 Å². The molecule has 210 valence electrons. The molecular formula is C28H32N6O6. The summed E-state index contributed by atoms with van der Waals surface area (Å²) in [6.45, 7) is 4.49. The van der Waals surface area contributed by atoms with Gasteiger partial charge < -0.3 is 28.5 Å². The molecule has 0 aliphatic carbocycles. The molecule has 1 aliphatic heterocycles. The van der Waals surface area contributed by atoms with E-state index in [9.17, 15) is 9.59 Å². The second-order valence-electron chi connectivity index (χ2n) is 9.65. The Labute approximate surface area is 231 Å². The number of carbonyl (C=O) groups excluding carboxylic acids is 2. The molecule has 1 aromatic carbocycles. The molecule has 12 nitrogen and oxygen atoms in total. The van der Waals surface area contributed by atoms with E-state index in [1.54, 1.807) is 50.4 Å². The van der Waals surface area contributed by atoms with Crippen LogP contribution in [0.3, 0.4) is 0 Å². The minimum Gasteiger partial charge on any atom is -0.497 e. The quantitative estimate of drug-likeness (QED) is 0.299.